The van der Waals surface area contributed by atoms with E-state index in [0.717, 1.165) is 0 Å². The number of hydrogen-bond acceptors (Lipinski definition) is 4. The van der Waals surface area contributed by atoms with Gasteiger partial charge in [0, 0.05) is 16.8 Å². The maximum atomic E-state index is 13.9. The van der Waals surface area contributed by atoms with E-state index in [1.165, 1.54) is 41.3 Å². The lowest BCUT2D eigenvalue weighted by Gasteiger charge is -2.08. The van der Waals surface area contributed by atoms with Gasteiger partial charge in [-0.3, -0.25) is 9.40 Å². The van der Waals surface area contributed by atoms with Crippen LogP contribution in [0.4, 0.5) is 10.1 Å². The second-order valence-corrected chi connectivity index (χ2v) is 7.73. The predicted molar refractivity (Wildman–Crippen MR) is 101 cm³/mol. The van der Waals surface area contributed by atoms with Gasteiger partial charge in [-0.2, -0.15) is 5.10 Å². The minimum Gasteiger partial charge on any atom is -0.494 e. The van der Waals surface area contributed by atoms with Crippen molar-refractivity contribution in [3.63, 3.8) is 0 Å². The molecule has 0 bridgehead atoms. The number of nitrogens with one attached hydrogen (secondary N) is 1. The molecule has 1 N–H and O–H groups in total. The standard InChI is InChI=1S/C18H17ClFN3O3S/c1-2-26-14-6-8-15(9-7-14)27(24,25)22-13-10-21-23(11-13)12-16-17(19)4-3-5-18(16)20/h3-11,22H,2,12H2,1H3. The number of sulfonamides is 1. The van der Waals surface area contributed by atoms with E-state index in [1.807, 2.05) is 6.92 Å². The van der Waals surface area contributed by atoms with Gasteiger partial charge in [0.25, 0.3) is 10.0 Å². The Labute approximate surface area is 161 Å². The summed E-state index contributed by atoms with van der Waals surface area (Å²) in [7, 11) is -3.78. The van der Waals surface area contributed by atoms with Crippen molar-refractivity contribution < 1.29 is 17.5 Å². The van der Waals surface area contributed by atoms with Crippen molar-refractivity contribution in [2.24, 2.45) is 0 Å². The molecule has 3 rings (SSSR count). The lowest BCUT2D eigenvalue weighted by Crippen LogP contribution is -2.12. The number of aromatic nitrogens is 2. The third kappa shape index (κ3) is 4.58. The molecular formula is C18H17ClFN3O3S. The predicted octanol–water partition coefficient (Wildman–Crippen LogP) is 3.92. The summed E-state index contributed by atoms with van der Waals surface area (Å²) in [6.45, 7) is 2.42. The normalized spacial score (nSPS) is 11.4. The Kier molecular flexibility index (Phi) is 5.67. The van der Waals surface area contributed by atoms with Crippen molar-refractivity contribution in [1.82, 2.24) is 9.78 Å². The first kappa shape index (κ1) is 19.2. The molecule has 0 aliphatic rings. The van der Waals surface area contributed by atoms with Gasteiger partial charge < -0.3 is 4.74 Å². The average Bonchev–Trinajstić information content (AvgIpc) is 3.05. The summed E-state index contributed by atoms with van der Waals surface area (Å²) < 4.78 is 48.0. The highest BCUT2D eigenvalue weighted by molar-refractivity contribution is 7.92. The molecule has 0 spiro atoms. The second-order valence-electron chi connectivity index (χ2n) is 5.64. The molecular weight excluding hydrogens is 393 g/mol. The molecule has 27 heavy (non-hydrogen) atoms. The summed E-state index contributed by atoms with van der Waals surface area (Å²) in [4.78, 5) is 0.0934. The van der Waals surface area contributed by atoms with Crippen molar-refractivity contribution in [1.29, 1.82) is 0 Å². The number of hydrogen-bond donors (Lipinski definition) is 1. The number of ether oxygens (including phenoxy) is 1. The van der Waals surface area contributed by atoms with Crippen LogP contribution >= 0.6 is 11.6 Å². The molecule has 1 aromatic heterocycles. The highest BCUT2D eigenvalue weighted by Crippen LogP contribution is 2.22. The molecule has 0 atom stereocenters. The van der Waals surface area contributed by atoms with Gasteiger partial charge in [-0.05, 0) is 43.3 Å². The van der Waals surface area contributed by atoms with Crippen molar-refractivity contribution in [2.75, 3.05) is 11.3 Å². The Morgan fingerprint density at radius 2 is 1.96 bits per heavy atom. The smallest absolute Gasteiger partial charge is 0.261 e. The summed E-state index contributed by atoms with van der Waals surface area (Å²) in [5, 5.41) is 4.33. The van der Waals surface area contributed by atoms with Gasteiger partial charge in [0.15, 0.2) is 0 Å². The molecule has 3 aromatic rings. The number of benzene rings is 2. The number of nitrogens with zero attached hydrogens (tertiary/aromatic N) is 2. The zero-order chi connectivity index (χ0) is 19.4. The molecule has 9 heteroatoms. The van der Waals surface area contributed by atoms with Crippen LogP contribution in [-0.4, -0.2) is 24.8 Å². The summed E-state index contributed by atoms with van der Waals surface area (Å²) >= 11 is 6.01. The Hall–Kier alpha value is -2.58. The van der Waals surface area contributed by atoms with E-state index in [9.17, 15) is 12.8 Å². The Balaban J connectivity index is 1.74. The maximum absolute atomic E-state index is 13.9. The van der Waals surface area contributed by atoms with Crippen LogP contribution in [0.15, 0.2) is 59.8 Å². The first-order chi connectivity index (χ1) is 12.9. The molecule has 0 radical (unpaired) electrons. The van der Waals surface area contributed by atoms with Crippen LogP contribution in [0, 0.1) is 5.82 Å². The fraction of sp³-hybridized carbons (Fsp3) is 0.167. The fourth-order valence-corrected chi connectivity index (χ4v) is 3.69. The quantitative estimate of drug-likeness (QED) is 0.641. The van der Waals surface area contributed by atoms with Gasteiger partial charge in [0.05, 0.1) is 29.9 Å². The van der Waals surface area contributed by atoms with Crippen LogP contribution in [-0.2, 0) is 16.6 Å². The van der Waals surface area contributed by atoms with E-state index >= 15 is 0 Å². The van der Waals surface area contributed by atoms with Crippen LogP contribution < -0.4 is 9.46 Å². The lowest BCUT2D eigenvalue weighted by atomic mass is 10.2. The Morgan fingerprint density at radius 3 is 2.63 bits per heavy atom. The van der Waals surface area contributed by atoms with Gasteiger partial charge >= 0.3 is 0 Å². The van der Waals surface area contributed by atoms with E-state index in [4.69, 9.17) is 16.3 Å². The third-order valence-corrected chi connectivity index (χ3v) is 5.46. The van der Waals surface area contributed by atoms with Crippen molar-refractivity contribution in [3.05, 3.63) is 71.3 Å². The molecule has 0 aliphatic carbocycles. The van der Waals surface area contributed by atoms with E-state index < -0.39 is 15.8 Å². The summed E-state index contributed by atoms with van der Waals surface area (Å²) in [6, 6.07) is 10.5. The molecule has 0 amide bonds. The third-order valence-electron chi connectivity index (χ3n) is 3.71. The summed E-state index contributed by atoms with van der Waals surface area (Å²) in [5.74, 6) is 0.139. The Morgan fingerprint density at radius 1 is 1.22 bits per heavy atom. The van der Waals surface area contributed by atoms with E-state index in [0.29, 0.717) is 12.4 Å². The minimum atomic E-state index is -3.78. The van der Waals surface area contributed by atoms with Gasteiger partial charge in [-0.15, -0.1) is 0 Å². The van der Waals surface area contributed by atoms with E-state index in [2.05, 4.69) is 9.82 Å². The highest BCUT2D eigenvalue weighted by Gasteiger charge is 2.16. The van der Waals surface area contributed by atoms with Crippen molar-refractivity contribution in [2.45, 2.75) is 18.4 Å². The average molecular weight is 410 g/mol. The van der Waals surface area contributed by atoms with Gasteiger partial charge in [0.2, 0.25) is 0 Å². The van der Waals surface area contributed by atoms with E-state index in [-0.39, 0.29) is 27.7 Å². The second kappa shape index (κ2) is 7.98. The summed E-state index contributed by atoms with van der Waals surface area (Å²) in [5.41, 5.74) is 0.541. The SMILES string of the molecule is CCOc1ccc(S(=O)(=O)Nc2cnn(Cc3c(F)cccc3Cl)c2)cc1. The lowest BCUT2D eigenvalue weighted by molar-refractivity contribution is 0.340. The van der Waals surface area contributed by atoms with Crippen LogP contribution in [0.25, 0.3) is 0 Å². The zero-order valence-corrected chi connectivity index (χ0v) is 16.0. The van der Waals surface area contributed by atoms with E-state index in [1.54, 1.807) is 18.2 Å². The van der Waals surface area contributed by atoms with Crippen LogP contribution in [0.1, 0.15) is 12.5 Å². The number of halogens is 2. The monoisotopic (exact) mass is 409 g/mol. The van der Waals surface area contributed by atoms with Crippen LogP contribution in [0.2, 0.25) is 5.02 Å². The zero-order valence-electron chi connectivity index (χ0n) is 14.4. The molecule has 142 valence electrons. The first-order valence-electron chi connectivity index (χ1n) is 8.10. The van der Waals surface area contributed by atoms with Crippen LogP contribution in [0.5, 0.6) is 5.75 Å². The molecule has 0 saturated carbocycles. The fourth-order valence-electron chi connectivity index (χ4n) is 2.44. The largest absolute Gasteiger partial charge is 0.494 e. The molecule has 2 aromatic carbocycles. The molecule has 0 aliphatic heterocycles. The molecule has 1 heterocycles. The molecule has 0 saturated heterocycles. The van der Waals surface area contributed by atoms with Gasteiger partial charge in [-0.1, -0.05) is 17.7 Å². The van der Waals surface area contributed by atoms with Gasteiger partial charge in [-0.25, -0.2) is 12.8 Å². The first-order valence-corrected chi connectivity index (χ1v) is 9.96. The number of anilines is 1. The topological polar surface area (TPSA) is 73.2 Å². The number of rotatable bonds is 7. The van der Waals surface area contributed by atoms with Crippen molar-refractivity contribution >= 4 is 27.3 Å². The van der Waals surface area contributed by atoms with Crippen LogP contribution in [0.3, 0.4) is 0 Å². The Bertz CT molecular complexity index is 1020. The highest BCUT2D eigenvalue weighted by atomic mass is 35.5. The van der Waals surface area contributed by atoms with Gasteiger partial charge in [0.1, 0.15) is 11.6 Å². The molecule has 0 fully saturated rings. The molecule has 6 nitrogen and oxygen atoms in total. The maximum Gasteiger partial charge on any atom is 0.261 e. The minimum absolute atomic E-state index is 0.0797. The van der Waals surface area contributed by atoms with Crippen molar-refractivity contribution in [3.8, 4) is 5.75 Å². The summed E-state index contributed by atoms with van der Waals surface area (Å²) in [6.07, 6.45) is 2.82. The molecule has 0 unspecified atom stereocenters.